The van der Waals surface area contributed by atoms with Gasteiger partial charge in [0.25, 0.3) is 0 Å². The Morgan fingerprint density at radius 1 is 0.765 bits per heavy atom. The van der Waals surface area contributed by atoms with Gasteiger partial charge in [0.15, 0.2) is 0 Å². The van der Waals surface area contributed by atoms with Crippen LogP contribution in [0.2, 0.25) is 10.0 Å². The molecule has 0 bridgehead atoms. The smallest absolute Gasteiger partial charge is 0.225 e. The fourth-order valence-corrected chi connectivity index (χ4v) is 4.35. The third kappa shape index (κ3) is 4.00. The maximum Gasteiger partial charge on any atom is 0.225 e. The van der Waals surface area contributed by atoms with Crippen molar-refractivity contribution in [3.05, 3.63) is 87.4 Å². The molecule has 5 rings (SSSR count). The molecule has 0 saturated carbocycles. The maximum absolute atomic E-state index is 6.47. The lowest BCUT2D eigenvalue weighted by molar-refractivity contribution is 0.630. The molecular formula is C26H22Cl2N6. The van der Waals surface area contributed by atoms with Gasteiger partial charge in [0.1, 0.15) is 11.5 Å². The van der Waals surface area contributed by atoms with Crippen LogP contribution in [0.15, 0.2) is 60.7 Å². The highest BCUT2D eigenvalue weighted by atomic mass is 35.5. The summed E-state index contributed by atoms with van der Waals surface area (Å²) >= 11 is 12.9. The zero-order chi connectivity index (χ0) is 24.0. The highest BCUT2D eigenvalue weighted by Gasteiger charge is 2.26. The van der Waals surface area contributed by atoms with Crippen LogP contribution in [0.3, 0.4) is 0 Å². The van der Waals surface area contributed by atoms with Gasteiger partial charge in [-0.05, 0) is 73.0 Å². The number of halogens is 2. The first-order valence-electron chi connectivity index (χ1n) is 10.8. The summed E-state index contributed by atoms with van der Waals surface area (Å²) in [5, 5.41) is 14.0. The minimum Gasteiger partial charge on any atom is -0.291 e. The van der Waals surface area contributed by atoms with Gasteiger partial charge in [-0.25, -0.2) is 4.98 Å². The van der Waals surface area contributed by atoms with E-state index in [-0.39, 0.29) is 0 Å². The molecule has 6 nitrogen and oxygen atoms in total. The minimum atomic E-state index is 0.431. The lowest BCUT2D eigenvalue weighted by Crippen LogP contribution is -2.03. The molecule has 0 radical (unpaired) electrons. The van der Waals surface area contributed by atoms with Crippen molar-refractivity contribution >= 4 is 23.2 Å². The van der Waals surface area contributed by atoms with E-state index in [0.29, 0.717) is 21.6 Å². The second-order valence-corrected chi connectivity index (χ2v) is 9.18. The normalized spacial score (nSPS) is 11.2. The van der Waals surface area contributed by atoms with Gasteiger partial charge in [0, 0.05) is 21.2 Å². The van der Waals surface area contributed by atoms with Crippen molar-refractivity contribution in [3.63, 3.8) is 0 Å². The molecule has 5 aromatic rings. The summed E-state index contributed by atoms with van der Waals surface area (Å²) in [6, 6.07) is 19.9. The zero-order valence-electron chi connectivity index (χ0n) is 19.2. The third-order valence-corrected chi connectivity index (χ3v) is 6.34. The van der Waals surface area contributed by atoms with Gasteiger partial charge >= 0.3 is 0 Å². The summed E-state index contributed by atoms with van der Waals surface area (Å²) in [6.07, 6.45) is 0. The number of benzene rings is 3. The van der Waals surface area contributed by atoms with Gasteiger partial charge in [0.05, 0.1) is 18.4 Å². The van der Waals surface area contributed by atoms with E-state index in [4.69, 9.17) is 28.2 Å². The fourth-order valence-electron chi connectivity index (χ4n) is 3.99. The van der Waals surface area contributed by atoms with Crippen LogP contribution in [-0.4, -0.2) is 29.8 Å². The van der Waals surface area contributed by atoms with Crippen molar-refractivity contribution in [2.45, 2.75) is 20.8 Å². The third-order valence-electron chi connectivity index (χ3n) is 5.87. The number of hydrogen-bond donors (Lipinski definition) is 0. The average molecular weight is 489 g/mol. The van der Waals surface area contributed by atoms with Crippen LogP contribution in [-0.2, 0) is 7.05 Å². The maximum atomic E-state index is 6.47. The molecule has 3 aromatic carbocycles. The molecule has 34 heavy (non-hydrogen) atoms. The van der Waals surface area contributed by atoms with Crippen molar-refractivity contribution in [2.24, 2.45) is 7.05 Å². The number of aryl methyl sites for hydroxylation is 4. The molecule has 8 heteroatoms. The van der Waals surface area contributed by atoms with Crippen LogP contribution >= 0.6 is 23.2 Å². The number of hydrogen-bond acceptors (Lipinski definition) is 4. The molecule has 2 heterocycles. The van der Waals surface area contributed by atoms with Crippen molar-refractivity contribution in [3.8, 4) is 39.9 Å². The van der Waals surface area contributed by atoms with E-state index in [0.717, 1.165) is 33.9 Å². The molecule has 2 aromatic heterocycles. The minimum absolute atomic E-state index is 0.431. The van der Waals surface area contributed by atoms with Crippen LogP contribution in [0.5, 0.6) is 0 Å². The Kier molecular flexibility index (Phi) is 5.71. The molecular weight excluding hydrogens is 467 g/mol. The second kappa shape index (κ2) is 8.70. The molecule has 0 N–H and O–H groups in total. The summed E-state index contributed by atoms with van der Waals surface area (Å²) < 4.78 is 2.11. The van der Waals surface area contributed by atoms with E-state index < -0.39 is 0 Å². The summed E-state index contributed by atoms with van der Waals surface area (Å²) in [5.74, 6) is 1.19. The van der Waals surface area contributed by atoms with Gasteiger partial charge in [-0.2, -0.15) is 4.80 Å². The standard InChI is InChI=1S/C26H22Cl2N6/c1-15-8-10-19(12-17(15)3)26-29-23(25-30-32-33(4)31-25)24(18-6-5-7-20(27)13-18)34(26)22-14-21(28)11-9-16(22)2/h5-14H,1-4H3. The van der Waals surface area contributed by atoms with Crippen molar-refractivity contribution in [1.82, 2.24) is 29.8 Å². The molecule has 0 unspecified atom stereocenters. The van der Waals surface area contributed by atoms with Gasteiger partial charge in [0.2, 0.25) is 5.82 Å². The van der Waals surface area contributed by atoms with Crippen LogP contribution in [0.25, 0.3) is 39.9 Å². The summed E-state index contributed by atoms with van der Waals surface area (Å²) in [7, 11) is 1.73. The number of nitrogens with zero attached hydrogens (tertiary/aromatic N) is 6. The Morgan fingerprint density at radius 3 is 2.24 bits per heavy atom. The summed E-state index contributed by atoms with van der Waals surface area (Å²) in [4.78, 5) is 6.51. The quantitative estimate of drug-likeness (QED) is 0.284. The fraction of sp³-hybridized carbons (Fsp3) is 0.154. The van der Waals surface area contributed by atoms with Crippen molar-refractivity contribution in [1.29, 1.82) is 0 Å². The molecule has 0 amide bonds. The molecule has 0 aliphatic carbocycles. The van der Waals surface area contributed by atoms with Crippen molar-refractivity contribution < 1.29 is 0 Å². The van der Waals surface area contributed by atoms with Gasteiger partial charge < -0.3 is 0 Å². The molecule has 0 aliphatic heterocycles. The van der Waals surface area contributed by atoms with E-state index in [9.17, 15) is 0 Å². The molecule has 0 aliphatic rings. The Hall–Kier alpha value is -3.48. The Balaban J connectivity index is 1.93. The number of tetrazole rings is 1. The molecule has 170 valence electrons. The van der Waals surface area contributed by atoms with Gasteiger partial charge in [-0.1, -0.05) is 53.5 Å². The number of aromatic nitrogens is 6. The van der Waals surface area contributed by atoms with Crippen LogP contribution in [0, 0.1) is 20.8 Å². The van der Waals surface area contributed by atoms with E-state index in [1.165, 1.54) is 15.9 Å². The molecule has 0 atom stereocenters. The average Bonchev–Trinajstić information content (AvgIpc) is 3.41. The Labute approximate surface area is 207 Å². The van der Waals surface area contributed by atoms with Gasteiger partial charge in [-0.15, -0.1) is 10.2 Å². The lowest BCUT2D eigenvalue weighted by atomic mass is 10.1. The number of rotatable bonds is 4. The summed E-state index contributed by atoms with van der Waals surface area (Å²) in [5.41, 5.74) is 7.65. The second-order valence-electron chi connectivity index (χ2n) is 8.31. The van der Waals surface area contributed by atoms with Gasteiger partial charge in [-0.3, -0.25) is 4.57 Å². The van der Waals surface area contributed by atoms with Crippen molar-refractivity contribution in [2.75, 3.05) is 0 Å². The van der Waals surface area contributed by atoms with E-state index >= 15 is 0 Å². The monoisotopic (exact) mass is 488 g/mol. The van der Waals surface area contributed by atoms with Crippen LogP contribution < -0.4 is 0 Å². The highest BCUT2D eigenvalue weighted by Crippen LogP contribution is 2.39. The molecule has 0 spiro atoms. The van der Waals surface area contributed by atoms with Crippen LogP contribution in [0.1, 0.15) is 16.7 Å². The first-order chi connectivity index (χ1) is 16.3. The predicted octanol–water partition coefficient (Wildman–Crippen LogP) is 6.63. The first-order valence-corrected chi connectivity index (χ1v) is 11.5. The largest absolute Gasteiger partial charge is 0.291 e. The highest BCUT2D eigenvalue weighted by molar-refractivity contribution is 6.31. The summed E-state index contributed by atoms with van der Waals surface area (Å²) in [6.45, 7) is 6.25. The zero-order valence-corrected chi connectivity index (χ0v) is 20.7. The first kappa shape index (κ1) is 22.3. The van der Waals surface area contributed by atoms with E-state index in [2.05, 4.69) is 58.9 Å². The van der Waals surface area contributed by atoms with E-state index in [1.807, 2.05) is 42.5 Å². The SMILES string of the molecule is Cc1ccc(-c2nc(-c3nnn(C)n3)c(-c3cccc(Cl)c3)n2-c2cc(Cl)ccc2C)cc1C. The Bertz CT molecular complexity index is 1530. The lowest BCUT2D eigenvalue weighted by Gasteiger charge is -2.16. The Morgan fingerprint density at radius 2 is 1.53 bits per heavy atom. The topological polar surface area (TPSA) is 61.4 Å². The molecule has 0 saturated heterocycles. The number of imidazole rings is 1. The van der Waals surface area contributed by atoms with Crippen LogP contribution in [0.4, 0.5) is 0 Å². The van der Waals surface area contributed by atoms with E-state index in [1.54, 1.807) is 7.05 Å². The predicted molar refractivity (Wildman–Crippen MR) is 136 cm³/mol. The molecule has 0 fully saturated rings.